The lowest BCUT2D eigenvalue weighted by molar-refractivity contribution is -0.118. The number of carboxylic acids is 1. The van der Waals surface area contributed by atoms with E-state index in [1.54, 1.807) is 26.0 Å². The fraction of sp³-hybridized carbons (Fsp3) is 0.222. The van der Waals surface area contributed by atoms with E-state index in [1.807, 2.05) is 36.4 Å². The molecule has 0 aliphatic heterocycles. The summed E-state index contributed by atoms with van der Waals surface area (Å²) in [5.74, 6) is -1.73. The largest absolute Gasteiger partial charge is 0.478 e. The molecule has 0 saturated carbocycles. The lowest BCUT2D eigenvalue weighted by Crippen LogP contribution is -2.44. The van der Waals surface area contributed by atoms with Crippen LogP contribution in [0.2, 0.25) is 0 Å². The summed E-state index contributed by atoms with van der Waals surface area (Å²) in [5.41, 5.74) is 5.19. The van der Waals surface area contributed by atoms with Crippen molar-refractivity contribution in [3.63, 3.8) is 0 Å². The van der Waals surface area contributed by atoms with Gasteiger partial charge in [-0.15, -0.1) is 0 Å². The van der Waals surface area contributed by atoms with Crippen LogP contribution in [-0.2, 0) is 9.53 Å². The molecule has 7 heteroatoms. The number of ether oxygens (including phenoxy) is 1. The van der Waals surface area contributed by atoms with Crippen LogP contribution < -0.4 is 10.6 Å². The quantitative estimate of drug-likeness (QED) is 0.465. The number of carboxylic acid groups (broad SMARTS) is 1. The normalized spacial score (nSPS) is 12.9. The predicted molar refractivity (Wildman–Crippen MR) is 129 cm³/mol. The number of hydrogen-bond donors (Lipinski definition) is 3. The lowest BCUT2D eigenvalue weighted by atomic mass is 9.98. The van der Waals surface area contributed by atoms with Crippen LogP contribution in [0.1, 0.15) is 46.3 Å². The van der Waals surface area contributed by atoms with Crippen molar-refractivity contribution in [2.24, 2.45) is 0 Å². The Balaban J connectivity index is 1.42. The van der Waals surface area contributed by atoms with Gasteiger partial charge in [-0.05, 0) is 47.2 Å². The van der Waals surface area contributed by atoms with Gasteiger partial charge in [-0.1, -0.05) is 67.6 Å². The number of rotatable bonds is 7. The van der Waals surface area contributed by atoms with Crippen LogP contribution in [0, 0.1) is 6.92 Å². The molecular formula is C27H26N2O5. The summed E-state index contributed by atoms with van der Waals surface area (Å²) in [6, 6.07) is 20.1. The molecule has 3 aromatic carbocycles. The maximum atomic E-state index is 12.8. The molecule has 0 spiro atoms. The SMILES string of the molecule is CCC(NC(=O)OCC1c2ccccc2-c2ccccc21)C(=O)Nc1cccc(C)c1C(=O)O. The van der Waals surface area contributed by atoms with Crippen LogP contribution in [0.5, 0.6) is 0 Å². The Morgan fingerprint density at radius 1 is 0.941 bits per heavy atom. The summed E-state index contributed by atoms with van der Waals surface area (Å²) in [7, 11) is 0. The molecule has 1 unspecified atom stereocenters. The minimum absolute atomic E-state index is 0.0202. The predicted octanol–water partition coefficient (Wildman–Crippen LogP) is 4.95. The number of alkyl carbamates (subject to hydrolysis) is 1. The van der Waals surface area contributed by atoms with Crippen LogP contribution in [0.3, 0.4) is 0 Å². The number of aryl methyl sites for hydroxylation is 1. The third kappa shape index (κ3) is 4.50. The van der Waals surface area contributed by atoms with Gasteiger partial charge in [-0.3, -0.25) is 4.79 Å². The van der Waals surface area contributed by atoms with Crippen LogP contribution in [-0.4, -0.2) is 35.7 Å². The minimum Gasteiger partial charge on any atom is -0.478 e. The van der Waals surface area contributed by atoms with Gasteiger partial charge in [0.05, 0.1) is 11.3 Å². The van der Waals surface area contributed by atoms with Crippen LogP contribution in [0.4, 0.5) is 10.5 Å². The molecular weight excluding hydrogens is 432 g/mol. The third-order valence-corrected chi connectivity index (χ3v) is 6.11. The van der Waals surface area contributed by atoms with Gasteiger partial charge in [0.2, 0.25) is 5.91 Å². The third-order valence-electron chi connectivity index (χ3n) is 6.11. The van der Waals surface area contributed by atoms with E-state index >= 15 is 0 Å². The summed E-state index contributed by atoms with van der Waals surface area (Å²) < 4.78 is 5.53. The van der Waals surface area contributed by atoms with E-state index in [4.69, 9.17) is 4.74 Å². The van der Waals surface area contributed by atoms with Gasteiger partial charge in [0, 0.05) is 5.92 Å². The number of carbonyl (C=O) groups is 3. The first-order chi connectivity index (χ1) is 16.4. The molecule has 3 N–H and O–H groups in total. The first kappa shape index (κ1) is 23.0. The summed E-state index contributed by atoms with van der Waals surface area (Å²) in [6.45, 7) is 3.55. The lowest BCUT2D eigenvalue weighted by Gasteiger charge is -2.19. The summed E-state index contributed by atoms with van der Waals surface area (Å²) in [4.78, 5) is 36.9. The monoisotopic (exact) mass is 458 g/mol. The van der Waals surface area contributed by atoms with Crippen LogP contribution in [0.25, 0.3) is 11.1 Å². The van der Waals surface area contributed by atoms with Gasteiger partial charge in [-0.25, -0.2) is 9.59 Å². The van der Waals surface area contributed by atoms with Crippen molar-refractivity contribution in [1.82, 2.24) is 5.32 Å². The van der Waals surface area contributed by atoms with Gasteiger partial charge < -0.3 is 20.5 Å². The maximum absolute atomic E-state index is 12.8. The maximum Gasteiger partial charge on any atom is 0.407 e. The molecule has 3 aromatic rings. The molecule has 2 amide bonds. The van der Waals surface area contributed by atoms with Gasteiger partial charge in [0.15, 0.2) is 0 Å². The highest BCUT2D eigenvalue weighted by atomic mass is 16.5. The van der Waals surface area contributed by atoms with Crippen molar-refractivity contribution in [1.29, 1.82) is 0 Å². The number of benzene rings is 3. The van der Waals surface area contributed by atoms with E-state index in [2.05, 4.69) is 22.8 Å². The molecule has 0 bridgehead atoms. The molecule has 7 nitrogen and oxygen atoms in total. The number of hydrogen-bond acceptors (Lipinski definition) is 4. The highest BCUT2D eigenvalue weighted by Crippen LogP contribution is 2.44. The Hall–Kier alpha value is -4.13. The van der Waals surface area contributed by atoms with E-state index in [9.17, 15) is 19.5 Å². The Morgan fingerprint density at radius 2 is 1.56 bits per heavy atom. The number of anilines is 1. The van der Waals surface area contributed by atoms with Crippen molar-refractivity contribution >= 4 is 23.7 Å². The average molecular weight is 459 g/mol. The molecule has 0 fully saturated rings. The fourth-order valence-corrected chi connectivity index (χ4v) is 4.41. The molecule has 0 heterocycles. The summed E-state index contributed by atoms with van der Waals surface area (Å²) in [5, 5.41) is 14.7. The Bertz CT molecular complexity index is 1210. The van der Waals surface area contributed by atoms with Crippen molar-refractivity contribution in [2.45, 2.75) is 32.2 Å². The second kappa shape index (κ2) is 9.79. The fourth-order valence-electron chi connectivity index (χ4n) is 4.41. The molecule has 4 rings (SSSR count). The zero-order valence-corrected chi connectivity index (χ0v) is 19.0. The minimum atomic E-state index is -1.13. The van der Waals surface area contributed by atoms with E-state index in [1.165, 1.54) is 6.07 Å². The van der Waals surface area contributed by atoms with Crippen molar-refractivity contribution < 1.29 is 24.2 Å². The number of amides is 2. The number of fused-ring (bicyclic) bond motifs is 3. The Kier molecular flexibility index (Phi) is 6.63. The molecule has 174 valence electrons. The first-order valence-corrected chi connectivity index (χ1v) is 11.2. The number of nitrogens with one attached hydrogen (secondary N) is 2. The van der Waals surface area contributed by atoms with Crippen LogP contribution >= 0.6 is 0 Å². The molecule has 1 aliphatic rings. The highest BCUT2D eigenvalue weighted by Gasteiger charge is 2.29. The van der Waals surface area contributed by atoms with Gasteiger partial charge in [0.1, 0.15) is 12.6 Å². The first-order valence-electron chi connectivity index (χ1n) is 11.2. The smallest absolute Gasteiger partial charge is 0.407 e. The second-order valence-corrected chi connectivity index (χ2v) is 8.22. The number of aromatic carboxylic acids is 1. The van der Waals surface area contributed by atoms with Crippen LogP contribution in [0.15, 0.2) is 66.7 Å². The Morgan fingerprint density at radius 3 is 2.15 bits per heavy atom. The molecule has 0 saturated heterocycles. The Labute approximate surface area is 197 Å². The molecule has 0 radical (unpaired) electrons. The van der Waals surface area contributed by atoms with Gasteiger partial charge >= 0.3 is 12.1 Å². The zero-order chi connectivity index (χ0) is 24.2. The van der Waals surface area contributed by atoms with Gasteiger partial charge in [-0.2, -0.15) is 0 Å². The van der Waals surface area contributed by atoms with Crippen molar-refractivity contribution in [2.75, 3.05) is 11.9 Å². The number of carbonyl (C=O) groups excluding carboxylic acids is 2. The van der Waals surface area contributed by atoms with E-state index in [0.717, 1.165) is 22.3 Å². The van der Waals surface area contributed by atoms with E-state index in [0.29, 0.717) is 12.0 Å². The summed E-state index contributed by atoms with van der Waals surface area (Å²) in [6.07, 6.45) is -0.392. The zero-order valence-electron chi connectivity index (χ0n) is 19.0. The average Bonchev–Trinajstić information content (AvgIpc) is 3.14. The van der Waals surface area contributed by atoms with E-state index < -0.39 is 24.0 Å². The standard InChI is InChI=1S/C27H26N2O5/c1-3-22(25(30)28-23-14-8-9-16(2)24(23)26(31)32)29-27(33)34-15-21-19-12-6-4-10-17(19)18-11-5-7-13-20(18)21/h4-14,21-22H,3,15H2,1-2H3,(H,28,30)(H,29,33)(H,31,32). The molecule has 34 heavy (non-hydrogen) atoms. The van der Waals surface area contributed by atoms with Gasteiger partial charge in [0.25, 0.3) is 0 Å². The van der Waals surface area contributed by atoms with Crippen molar-refractivity contribution in [3.8, 4) is 11.1 Å². The summed E-state index contributed by atoms with van der Waals surface area (Å²) >= 11 is 0. The molecule has 0 aromatic heterocycles. The molecule has 1 atom stereocenters. The second-order valence-electron chi connectivity index (χ2n) is 8.22. The molecule has 1 aliphatic carbocycles. The van der Waals surface area contributed by atoms with E-state index in [-0.39, 0.29) is 23.8 Å². The highest BCUT2D eigenvalue weighted by molar-refractivity contribution is 6.03. The topological polar surface area (TPSA) is 105 Å². The van der Waals surface area contributed by atoms with Crippen molar-refractivity contribution in [3.05, 3.63) is 89.0 Å².